The second kappa shape index (κ2) is 5.02. The summed E-state index contributed by atoms with van der Waals surface area (Å²) in [7, 11) is 0. The van der Waals surface area contributed by atoms with E-state index in [2.05, 4.69) is 37.3 Å². The lowest BCUT2D eigenvalue weighted by Gasteiger charge is -2.11. The van der Waals surface area contributed by atoms with E-state index >= 15 is 0 Å². The fourth-order valence-electron chi connectivity index (χ4n) is 1.22. The van der Waals surface area contributed by atoms with Gasteiger partial charge in [-0.2, -0.15) is 5.10 Å². The van der Waals surface area contributed by atoms with Crippen molar-refractivity contribution < 1.29 is 0 Å². The van der Waals surface area contributed by atoms with Crippen LogP contribution in [-0.4, -0.2) is 15.8 Å². The van der Waals surface area contributed by atoms with Crippen molar-refractivity contribution in [3.8, 4) is 0 Å². The Hall–Kier alpha value is -0.830. The maximum atomic E-state index is 4.22. The molecule has 0 bridgehead atoms. The first-order chi connectivity index (χ1) is 6.27. The molecule has 0 fully saturated rings. The van der Waals surface area contributed by atoms with Crippen LogP contribution in [0.3, 0.4) is 0 Å². The van der Waals surface area contributed by atoms with E-state index in [-0.39, 0.29) is 0 Å². The molecule has 1 atom stereocenters. The summed E-state index contributed by atoms with van der Waals surface area (Å²) in [5, 5.41) is 7.66. The molecule has 1 rings (SSSR count). The van der Waals surface area contributed by atoms with Crippen molar-refractivity contribution in [3.63, 3.8) is 0 Å². The smallest absolute Gasteiger partial charge is 0.0522 e. The summed E-state index contributed by atoms with van der Waals surface area (Å²) in [6, 6.07) is 2.65. The number of hydrogen-bond acceptors (Lipinski definition) is 2. The summed E-state index contributed by atoms with van der Waals surface area (Å²) in [4.78, 5) is 0. The zero-order chi connectivity index (χ0) is 9.68. The van der Waals surface area contributed by atoms with Gasteiger partial charge in [-0.15, -0.1) is 0 Å². The molecular formula is C10H19N3. The van der Waals surface area contributed by atoms with Crippen molar-refractivity contribution in [3.05, 3.63) is 18.0 Å². The summed E-state index contributed by atoms with van der Waals surface area (Å²) in [5.41, 5.74) is 1.27. The summed E-state index contributed by atoms with van der Waals surface area (Å²) in [5.74, 6) is 0. The van der Waals surface area contributed by atoms with Gasteiger partial charge in [0.05, 0.1) is 5.69 Å². The third-order valence-corrected chi connectivity index (χ3v) is 2.35. The van der Waals surface area contributed by atoms with E-state index in [9.17, 15) is 0 Å². The molecule has 74 valence electrons. The molecule has 1 aromatic rings. The molecule has 0 aromatic carbocycles. The molecule has 0 aliphatic heterocycles. The second-order valence-electron chi connectivity index (χ2n) is 3.33. The van der Waals surface area contributed by atoms with E-state index < -0.39 is 0 Å². The molecule has 0 saturated carbocycles. The Morgan fingerprint density at radius 2 is 2.31 bits per heavy atom. The lowest BCUT2D eigenvalue weighted by molar-refractivity contribution is 0.506. The monoisotopic (exact) mass is 181 g/mol. The number of nitrogens with zero attached hydrogens (tertiary/aromatic N) is 2. The SMILES string of the molecule is CC[C@H](C)NCc1ccnn1CC. The van der Waals surface area contributed by atoms with Crippen molar-refractivity contribution in [2.75, 3.05) is 0 Å². The Morgan fingerprint density at radius 1 is 1.54 bits per heavy atom. The first-order valence-electron chi connectivity index (χ1n) is 5.02. The van der Waals surface area contributed by atoms with Crippen molar-refractivity contribution in [2.24, 2.45) is 0 Å². The third-order valence-electron chi connectivity index (χ3n) is 2.35. The van der Waals surface area contributed by atoms with Crippen molar-refractivity contribution in [1.29, 1.82) is 0 Å². The summed E-state index contributed by atoms with van der Waals surface area (Å²) < 4.78 is 2.02. The van der Waals surface area contributed by atoms with Crippen LogP contribution in [0.4, 0.5) is 0 Å². The van der Waals surface area contributed by atoms with Crippen LogP contribution in [0.2, 0.25) is 0 Å². The van der Waals surface area contributed by atoms with Crippen LogP contribution in [0.5, 0.6) is 0 Å². The summed E-state index contributed by atoms with van der Waals surface area (Å²) >= 11 is 0. The Kier molecular flexibility index (Phi) is 3.96. The zero-order valence-electron chi connectivity index (χ0n) is 8.75. The van der Waals surface area contributed by atoms with Gasteiger partial charge >= 0.3 is 0 Å². The highest BCUT2D eigenvalue weighted by molar-refractivity contribution is 4.99. The highest BCUT2D eigenvalue weighted by Gasteiger charge is 2.01. The van der Waals surface area contributed by atoms with Crippen LogP contribution in [0.15, 0.2) is 12.3 Å². The Labute approximate surface area is 80.1 Å². The van der Waals surface area contributed by atoms with Gasteiger partial charge < -0.3 is 5.32 Å². The molecular weight excluding hydrogens is 162 g/mol. The van der Waals surface area contributed by atoms with Crippen LogP contribution in [0, 0.1) is 0 Å². The Bertz CT molecular complexity index is 242. The van der Waals surface area contributed by atoms with E-state index in [1.807, 2.05) is 10.9 Å². The van der Waals surface area contributed by atoms with Crippen LogP contribution in [0.25, 0.3) is 0 Å². The van der Waals surface area contributed by atoms with Gasteiger partial charge in [0.2, 0.25) is 0 Å². The van der Waals surface area contributed by atoms with E-state index in [0.717, 1.165) is 13.1 Å². The largest absolute Gasteiger partial charge is 0.309 e. The van der Waals surface area contributed by atoms with Gasteiger partial charge in [-0.25, -0.2) is 0 Å². The van der Waals surface area contributed by atoms with Gasteiger partial charge in [0.15, 0.2) is 0 Å². The second-order valence-corrected chi connectivity index (χ2v) is 3.33. The average molecular weight is 181 g/mol. The molecule has 0 aliphatic carbocycles. The number of aromatic nitrogens is 2. The van der Waals surface area contributed by atoms with Crippen molar-refractivity contribution in [2.45, 2.75) is 46.3 Å². The molecule has 0 unspecified atom stereocenters. The van der Waals surface area contributed by atoms with E-state index in [1.54, 1.807) is 0 Å². The Balaban J connectivity index is 2.44. The standard InChI is InChI=1S/C10H19N3/c1-4-9(3)11-8-10-6-7-12-13(10)5-2/h6-7,9,11H,4-5,8H2,1-3H3/t9-/m0/s1. The molecule has 0 saturated heterocycles. The van der Waals surface area contributed by atoms with Gasteiger partial charge in [0, 0.05) is 25.3 Å². The van der Waals surface area contributed by atoms with Crippen LogP contribution in [0.1, 0.15) is 32.9 Å². The molecule has 13 heavy (non-hydrogen) atoms. The van der Waals surface area contributed by atoms with Gasteiger partial charge in [0.25, 0.3) is 0 Å². The molecule has 0 radical (unpaired) electrons. The van der Waals surface area contributed by atoms with Crippen molar-refractivity contribution in [1.82, 2.24) is 15.1 Å². The zero-order valence-corrected chi connectivity index (χ0v) is 8.75. The van der Waals surface area contributed by atoms with Crippen LogP contribution in [-0.2, 0) is 13.1 Å². The van der Waals surface area contributed by atoms with Gasteiger partial charge in [-0.1, -0.05) is 6.92 Å². The number of aryl methyl sites for hydroxylation is 1. The topological polar surface area (TPSA) is 29.9 Å². The maximum Gasteiger partial charge on any atom is 0.0522 e. The highest BCUT2D eigenvalue weighted by atomic mass is 15.3. The number of rotatable bonds is 5. The molecule has 0 aliphatic rings. The lowest BCUT2D eigenvalue weighted by atomic mass is 10.2. The molecule has 3 nitrogen and oxygen atoms in total. The minimum atomic E-state index is 0.584. The molecule has 3 heteroatoms. The molecule has 0 amide bonds. The van der Waals surface area contributed by atoms with Crippen LogP contribution >= 0.6 is 0 Å². The molecule has 0 spiro atoms. The van der Waals surface area contributed by atoms with Gasteiger partial charge in [-0.3, -0.25) is 4.68 Å². The third kappa shape index (κ3) is 2.84. The Morgan fingerprint density at radius 3 is 2.92 bits per heavy atom. The predicted molar refractivity (Wildman–Crippen MR) is 54.5 cm³/mol. The van der Waals surface area contributed by atoms with Gasteiger partial charge in [-0.05, 0) is 26.3 Å². The van der Waals surface area contributed by atoms with Crippen LogP contribution < -0.4 is 5.32 Å². The lowest BCUT2D eigenvalue weighted by Crippen LogP contribution is -2.25. The van der Waals surface area contributed by atoms with E-state index in [0.29, 0.717) is 6.04 Å². The summed E-state index contributed by atoms with van der Waals surface area (Å²) in [6.45, 7) is 8.37. The fraction of sp³-hybridized carbons (Fsp3) is 0.700. The van der Waals surface area contributed by atoms with Gasteiger partial charge in [0.1, 0.15) is 0 Å². The van der Waals surface area contributed by atoms with E-state index in [4.69, 9.17) is 0 Å². The summed E-state index contributed by atoms with van der Waals surface area (Å²) in [6.07, 6.45) is 3.03. The molecule has 1 N–H and O–H groups in total. The molecule has 1 heterocycles. The maximum absolute atomic E-state index is 4.22. The fourth-order valence-corrected chi connectivity index (χ4v) is 1.22. The van der Waals surface area contributed by atoms with Crippen molar-refractivity contribution >= 4 is 0 Å². The average Bonchev–Trinajstić information content (AvgIpc) is 2.61. The predicted octanol–water partition coefficient (Wildman–Crippen LogP) is 1.79. The first kappa shape index (κ1) is 10.3. The van der Waals surface area contributed by atoms with E-state index in [1.165, 1.54) is 12.1 Å². The molecule has 1 aromatic heterocycles. The highest BCUT2D eigenvalue weighted by Crippen LogP contribution is 1.99. The minimum absolute atomic E-state index is 0.584. The first-order valence-corrected chi connectivity index (χ1v) is 5.02. The number of hydrogen-bond donors (Lipinski definition) is 1. The quantitative estimate of drug-likeness (QED) is 0.750. The minimum Gasteiger partial charge on any atom is -0.309 e. The number of nitrogens with one attached hydrogen (secondary N) is 1. The normalized spacial score (nSPS) is 13.2.